The van der Waals surface area contributed by atoms with Crippen LogP contribution in [0.5, 0.6) is 5.75 Å². The van der Waals surface area contributed by atoms with Crippen molar-refractivity contribution in [2.24, 2.45) is 0 Å². The Morgan fingerprint density at radius 2 is 1.68 bits per heavy atom. The lowest BCUT2D eigenvalue weighted by atomic mass is 10.1. The van der Waals surface area contributed by atoms with Crippen molar-refractivity contribution < 1.29 is 23.9 Å². The van der Waals surface area contributed by atoms with Crippen LogP contribution in [0.25, 0.3) is 6.08 Å². The van der Waals surface area contributed by atoms with Crippen LogP contribution in [0.3, 0.4) is 0 Å². The SMILES string of the molecule is CCCCOc1ccc(C(=O)NC(=Cc2ccccc2)C(=O)NCC(=O)OCC)cc1. The summed E-state index contributed by atoms with van der Waals surface area (Å²) in [5.74, 6) is -0.921. The molecule has 2 aromatic carbocycles. The third-order valence-electron chi connectivity index (χ3n) is 4.19. The summed E-state index contributed by atoms with van der Waals surface area (Å²) in [4.78, 5) is 36.8. The van der Waals surface area contributed by atoms with Gasteiger partial charge in [0.25, 0.3) is 11.8 Å². The molecule has 0 spiro atoms. The van der Waals surface area contributed by atoms with E-state index in [1.807, 2.05) is 18.2 Å². The number of ether oxygens (including phenoxy) is 2. The zero-order valence-electron chi connectivity index (χ0n) is 17.9. The topological polar surface area (TPSA) is 93.7 Å². The predicted octanol–water partition coefficient (Wildman–Crippen LogP) is 3.32. The van der Waals surface area contributed by atoms with Crippen molar-refractivity contribution in [3.8, 4) is 5.75 Å². The molecule has 2 aromatic rings. The van der Waals surface area contributed by atoms with Crippen LogP contribution in [0, 0.1) is 0 Å². The van der Waals surface area contributed by atoms with Gasteiger partial charge in [0, 0.05) is 5.56 Å². The molecule has 7 nitrogen and oxygen atoms in total. The Hall–Kier alpha value is -3.61. The molecule has 0 radical (unpaired) electrons. The highest BCUT2D eigenvalue weighted by molar-refractivity contribution is 6.05. The molecule has 0 saturated heterocycles. The maximum absolute atomic E-state index is 12.7. The number of carbonyl (C=O) groups is 3. The standard InChI is InChI=1S/C24H28N2O5/c1-3-5-15-31-20-13-11-19(12-14-20)23(28)26-21(16-18-9-7-6-8-10-18)24(29)25-17-22(27)30-4-2/h6-14,16H,3-5,15,17H2,1-2H3,(H,25,29)(H,26,28). The van der Waals surface area contributed by atoms with Gasteiger partial charge in [-0.05, 0) is 49.2 Å². The van der Waals surface area contributed by atoms with Crippen LogP contribution >= 0.6 is 0 Å². The highest BCUT2D eigenvalue weighted by Crippen LogP contribution is 2.13. The molecule has 0 aliphatic heterocycles. The second kappa shape index (κ2) is 12.8. The second-order valence-corrected chi connectivity index (χ2v) is 6.64. The number of unbranched alkanes of at least 4 members (excludes halogenated alkanes) is 1. The fourth-order valence-corrected chi connectivity index (χ4v) is 2.57. The Morgan fingerprint density at radius 1 is 0.968 bits per heavy atom. The Balaban J connectivity index is 2.11. The molecule has 31 heavy (non-hydrogen) atoms. The molecule has 2 N–H and O–H groups in total. The van der Waals surface area contributed by atoms with Gasteiger partial charge in [0.2, 0.25) is 0 Å². The molecule has 0 aliphatic rings. The molecule has 0 aromatic heterocycles. The quantitative estimate of drug-likeness (QED) is 0.328. The lowest BCUT2D eigenvalue weighted by Gasteiger charge is -2.11. The zero-order valence-corrected chi connectivity index (χ0v) is 17.9. The van der Waals surface area contributed by atoms with E-state index in [9.17, 15) is 14.4 Å². The number of nitrogens with one attached hydrogen (secondary N) is 2. The number of hydrogen-bond acceptors (Lipinski definition) is 5. The first-order chi connectivity index (χ1) is 15.0. The fraction of sp³-hybridized carbons (Fsp3) is 0.292. The third kappa shape index (κ3) is 8.34. The minimum Gasteiger partial charge on any atom is -0.494 e. The van der Waals surface area contributed by atoms with Crippen LogP contribution in [0.1, 0.15) is 42.6 Å². The molecule has 0 bridgehead atoms. The maximum atomic E-state index is 12.7. The van der Waals surface area contributed by atoms with Gasteiger partial charge in [0.05, 0.1) is 13.2 Å². The first kappa shape index (κ1) is 23.7. The van der Waals surface area contributed by atoms with Crippen LogP contribution in [-0.2, 0) is 14.3 Å². The van der Waals surface area contributed by atoms with E-state index >= 15 is 0 Å². The van der Waals surface area contributed by atoms with Crippen LogP contribution in [0.2, 0.25) is 0 Å². The summed E-state index contributed by atoms with van der Waals surface area (Å²) in [5, 5.41) is 5.09. The second-order valence-electron chi connectivity index (χ2n) is 6.64. The number of benzene rings is 2. The molecule has 2 amide bonds. The number of rotatable bonds is 11. The van der Waals surface area contributed by atoms with E-state index in [1.165, 1.54) is 0 Å². The molecule has 0 atom stereocenters. The van der Waals surface area contributed by atoms with Crippen LogP contribution in [0.4, 0.5) is 0 Å². The van der Waals surface area contributed by atoms with Gasteiger partial charge in [0.1, 0.15) is 18.0 Å². The molecule has 0 heterocycles. The molecular weight excluding hydrogens is 396 g/mol. The van der Waals surface area contributed by atoms with Gasteiger partial charge in [0.15, 0.2) is 0 Å². The highest BCUT2D eigenvalue weighted by atomic mass is 16.5. The summed E-state index contributed by atoms with van der Waals surface area (Å²) in [6.45, 7) is 4.31. The van der Waals surface area contributed by atoms with Gasteiger partial charge >= 0.3 is 5.97 Å². The summed E-state index contributed by atoms with van der Waals surface area (Å²) < 4.78 is 10.4. The summed E-state index contributed by atoms with van der Waals surface area (Å²) in [6, 6.07) is 15.8. The minimum absolute atomic E-state index is 0.0174. The predicted molar refractivity (Wildman–Crippen MR) is 118 cm³/mol. The lowest BCUT2D eigenvalue weighted by Crippen LogP contribution is -2.37. The van der Waals surface area contributed by atoms with Crippen LogP contribution < -0.4 is 15.4 Å². The van der Waals surface area contributed by atoms with Crippen LogP contribution in [0.15, 0.2) is 60.3 Å². The fourth-order valence-electron chi connectivity index (χ4n) is 2.57. The average Bonchev–Trinajstić information content (AvgIpc) is 2.78. The summed E-state index contributed by atoms with van der Waals surface area (Å²) in [6.07, 6.45) is 3.53. The molecule has 7 heteroatoms. The van der Waals surface area contributed by atoms with E-state index < -0.39 is 17.8 Å². The lowest BCUT2D eigenvalue weighted by molar-refractivity contribution is -0.143. The largest absolute Gasteiger partial charge is 0.494 e. The molecule has 0 saturated carbocycles. The first-order valence-electron chi connectivity index (χ1n) is 10.3. The van der Waals surface area contributed by atoms with Gasteiger partial charge in [-0.2, -0.15) is 0 Å². The van der Waals surface area contributed by atoms with Crippen molar-refractivity contribution in [1.29, 1.82) is 0 Å². The highest BCUT2D eigenvalue weighted by Gasteiger charge is 2.16. The minimum atomic E-state index is -0.593. The molecule has 0 fully saturated rings. The van der Waals surface area contributed by atoms with E-state index in [1.54, 1.807) is 49.4 Å². The van der Waals surface area contributed by atoms with E-state index in [4.69, 9.17) is 9.47 Å². The molecular formula is C24H28N2O5. The third-order valence-corrected chi connectivity index (χ3v) is 4.19. The summed E-state index contributed by atoms with van der Waals surface area (Å²) >= 11 is 0. The Morgan fingerprint density at radius 3 is 2.32 bits per heavy atom. The smallest absolute Gasteiger partial charge is 0.325 e. The zero-order chi connectivity index (χ0) is 22.5. The van der Waals surface area contributed by atoms with Crippen molar-refractivity contribution in [2.45, 2.75) is 26.7 Å². The summed E-state index contributed by atoms with van der Waals surface area (Å²) in [7, 11) is 0. The van der Waals surface area contributed by atoms with Crippen molar-refractivity contribution >= 4 is 23.9 Å². The number of hydrogen-bond donors (Lipinski definition) is 2. The Kier molecular flexibility index (Phi) is 9.81. The van der Waals surface area contributed by atoms with Crippen molar-refractivity contribution in [2.75, 3.05) is 19.8 Å². The van der Waals surface area contributed by atoms with Gasteiger partial charge in [-0.15, -0.1) is 0 Å². The molecule has 0 aliphatic carbocycles. The molecule has 164 valence electrons. The van der Waals surface area contributed by atoms with E-state index in [2.05, 4.69) is 17.6 Å². The van der Waals surface area contributed by atoms with Gasteiger partial charge in [-0.25, -0.2) is 0 Å². The Bertz CT molecular complexity index is 892. The van der Waals surface area contributed by atoms with Gasteiger partial charge in [-0.1, -0.05) is 43.7 Å². The average molecular weight is 424 g/mol. The first-order valence-corrected chi connectivity index (χ1v) is 10.3. The number of esters is 1. The van der Waals surface area contributed by atoms with Crippen LogP contribution in [-0.4, -0.2) is 37.5 Å². The van der Waals surface area contributed by atoms with Crippen molar-refractivity contribution in [1.82, 2.24) is 10.6 Å². The molecule has 0 unspecified atom stereocenters. The monoisotopic (exact) mass is 424 g/mol. The van der Waals surface area contributed by atoms with Crippen molar-refractivity contribution in [3.63, 3.8) is 0 Å². The normalized spacial score (nSPS) is 10.8. The number of carbonyl (C=O) groups excluding carboxylic acids is 3. The van der Waals surface area contributed by atoms with E-state index in [-0.39, 0.29) is 18.8 Å². The van der Waals surface area contributed by atoms with Crippen molar-refractivity contribution in [3.05, 3.63) is 71.4 Å². The van der Waals surface area contributed by atoms with Gasteiger partial charge in [-0.3, -0.25) is 14.4 Å². The number of amides is 2. The van der Waals surface area contributed by atoms with E-state index in [0.717, 1.165) is 18.4 Å². The van der Waals surface area contributed by atoms with E-state index in [0.29, 0.717) is 17.9 Å². The van der Waals surface area contributed by atoms with Gasteiger partial charge < -0.3 is 20.1 Å². The molecule has 2 rings (SSSR count). The maximum Gasteiger partial charge on any atom is 0.325 e. The Labute approximate surface area is 182 Å². The summed E-state index contributed by atoms with van der Waals surface area (Å²) in [5.41, 5.74) is 1.12.